The molecule has 0 aromatic carbocycles. The lowest BCUT2D eigenvalue weighted by Gasteiger charge is -2.30. The van der Waals surface area contributed by atoms with E-state index in [1.54, 1.807) is 6.92 Å². The van der Waals surface area contributed by atoms with Gasteiger partial charge in [-0.1, -0.05) is 20.8 Å². The van der Waals surface area contributed by atoms with Gasteiger partial charge < -0.3 is 16.2 Å². The fraction of sp³-hybridized carbons (Fsp3) is 0.857. The van der Waals surface area contributed by atoms with Gasteiger partial charge in [0.15, 0.2) is 0 Å². The normalized spacial score (nSPS) is 14.8. The predicted molar refractivity (Wildman–Crippen MR) is 75.7 cm³/mol. The monoisotopic (exact) mass is 272 g/mol. The van der Waals surface area contributed by atoms with Crippen LogP contribution in [-0.2, 0) is 9.59 Å². The first-order chi connectivity index (χ1) is 8.66. The van der Waals surface area contributed by atoms with Gasteiger partial charge in [-0.05, 0) is 37.6 Å². The van der Waals surface area contributed by atoms with Crippen LogP contribution in [0.5, 0.6) is 0 Å². The van der Waals surface area contributed by atoms with Crippen LogP contribution in [-0.4, -0.2) is 29.6 Å². The number of carboxylic acid groups (broad SMARTS) is 1. The number of nitrogens with one attached hydrogen (secondary N) is 1. The molecule has 0 aliphatic heterocycles. The molecule has 0 saturated carbocycles. The molecule has 0 aromatic heterocycles. The van der Waals surface area contributed by atoms with E-state index < -0.39 is 5.97 Å². The van der Waals surface area contributed by atoms with Crippen molar-refractivity contribution in [2.24, 2.45) is 17.1 Å². The van der Waals surface area contributed by atoms with E-state index >= 15 is 0 Å². The molecule has 19 heavy (non-hydrogen) atoms. The van der Waals surface area contributed by atoms with Gasteiger partial charge in [-0.25, -0.2) is 0 Å². The van der Waals surface area contributed by atoms with Crippen LogP contribution in [0, 0.1) is 11.3 Å². The van der Waals surface area contributed by atoms with Crippen molar-refractivity contribution in [3.8, 4) is 0 Å². The second kappa shape index (κ2) is 8.15. The van der Waals surface area contributed by atoms with Crippen LogP contribution in [0.4, 0.5) is 0 Å². The van der Waals surface area contributed by atoms with Crippen LogP contribution in [0.3, 0.4) is 0 Å². The van der Waals surface area contributed by atoms with E-state index in [1.807, 2.05) is 0 Å². The van der Waals surface area contributed by atoms with Gasteiger partial charge in [0, 0.05) is 12.5 Å². The molecule has 0 aliphatic carbocycles. The Bertz CT molecular complexity index is 298. The van der Waals surface area contributed by atoms with E-state index in [0.29, 0.717) is 18.9 Å². The predicted octanol–water partition coefficient (Wildman–Crippen LogP) is 1.76. The maximum Gasteiger partial charge on any atom is 0.305 e. The lowest BCUT2D eigenvalue weighted by atomic mass is 9.76. The zero-order valence-electron chi connectivity index (χ0n) is 12.5. The summed E-state index contributed by atoms with van der Waals surface area (Å²) in [6, 6.07) is -0.326. The smallest absolute Gasteiger partial charge is 0.305 e. The molecular weight excluding hydrogens is 244 g/mol. The van der Waals surface area contributed by atoms with E-state index in [4.69, 9.17) is 10.8 Å². The molecule has 112 valence electrons. The van der Waals surface area contributed by atoms with Crippen LogP contribution in [0.25, 0.3) is 0 Å². The van der Waals surface area contributed by atoms with Gasteiger partial charge in [0.25, 0.3) is 0 Å². The Hall–Kier alpha value is -1.10. The quantitative estimate of drug-likeness (QED) is 0.627. The largest absolute Gasteiger partial charge is 0.481 e. The molecule has 2 unspecified atom stereocenters. The van der Waals surface area contributed by atoms with Gasteiger partial charge in [-0.2, -0.15) is 0 Å². The Morgan fingerprint density at radius 3 is 2.26 bits per heavy atom. The molecule has 0 spiro atoms. The first kappa shape index (κ1) is 17.9. The molecule has 0 rings (SSSR count). The van der Waals surface area contributed by atoms with Crippen molar-refractivity contribution >= 4 is 11.9 Å². The molecule has 4 N–H and O–H groups in total. The SMILES string of the molecule is CC(CC(=O)O)NC(=O)CCC(CCN)C(C)(C)C. The van der Waals surface area contributed by atoms with E-state index in [1.165, 1.54) is 0 Å². The number of rotatable bonds is 8. The summed E-state index contributed by atoms with van der Waals surface area (Å²) < 4.78 is 0. The van der Waals surface area contributed by atoms with Gasteiger partial charge in [-0.15, -0.1) is 0 Å². The van der Waals surface area contributed by atoms with Crippen LogP contribution in [0.1, 0.15) is 53.4 Å². The third-order valence-electron chi connectivity index (χ3n) is 3.35. The maximum absolute atomic E-state index is 11.7. The molecule has 0 heterocycles. The van der Waals surface area contributed by atoms with Crippen molar-refractivity contribution in [3.05, 3.63) is 0 Å². The average molecular weight is 272 g/mol. The Morgan fingerprint density at radius 1 is 1.26 bits per heavy atom. The van der Waals surface area contributed by atoms with Crippen molar-refractivity contribution in [2.75, 3.05) is 6.54 Å². The summed E-state index contributed by atoms with van der Waals surface area (Å²) in [7, 11) is 0. The van der Waals surface area contributed by atoms with Crippen molar-refractivity contribution < 1.29 is 14.7 Å². The van der Waals surface area contributed by atoms with Crippen LogP contribution in [0.2, 0.25) is 0 Å². The molecule has 0 saturated heterocycles. The van der Waals surface area contributed by atoms with Crippen molar-refractivity contribution in [3.63, 3.8) is 0 Å². The Balaban J connectivity index is 4.15. The average Bonchev–Trinajstić information content (AvgIpc) is 2.20. The molecule has 2 atom stereocenters. The van der Waals surface area contributed by atoms with E-state index in [9.17, 15) is 9.59 Å². The molecule has 5 nitrogen and oxygen atoms in total. The number of hydrogen-bond donors (Lipinski definition) is 3. The van der Waals surface area contributed by atoms with Crippen LogP contribution < -0.4 is 11.1 Å². The fourth-order valence-corrected chi connectivity index (χ4v) is 2.18. The van der Waals surface area contributed by atoms with Gasteiger partial charge in [-0.3, -0.25) is 9.59 Å². The molecule has 0 aliphatic rings. The highest BCUT2D eigenvalue weighted by Crippen LogP contribution is 2.31. The first-order valence-corrected chi connectivity index (χ1v) is 6.88. The zero-order chi connectivity index (χ0) is 15.1. The minimum Gasteiger partial charge on any atom is -0.481 e. The zero-order valence-corrected chi connectivity index (χ0v) is 12.5. The minimum absolute atomic E-state index is 0.0444. The Morgan fingerprint density at radius 2 is 1.84 bits per heavy atom. The molecular formula is C14H28N2O3. The van der Waals surface area contributed by atoms with Crippen LogP contribution >= 0.6 is 0 Å². The number of amides is 1. The highest BCUT2D eigenvalue weighted by atomic mass is 16.4. The number of carbonyl (C=O) groups is 2. The highest BCUT2D eigenvalue weighted by Gasteiger charge is 2.24. The van der Waals surface area contributed by atoms with Gasteiger partial charge in [0.05, 0.1) is 6.42 Å². The van der Waals surface area contributed by atoms with Crippen molar-refractivity contribution in [1.82, 2.24) is 5.32 Å². The standard InChI is InChI=1S/C14H28N2O3/c1-10(9-13(18)19)16-12(17)6-5-11(7-8-15)14(2,3)4/h10-11H,5-9,15H2,1-4H3,(H,16,17)(H,18,19). The third kappa shape index (κ3) is 8.59. The summed E-state index contributed by atoms with van der Waals surface area (Å²) in [5.41, 5.74) is 5.73. The molecule has 0 fully saturated rings. The van der Waals surface area contributed by atoms with Crippen molar-refractivity contribution in [1.29, 1.82) is 0 Å². The molecule has 0 aromatic rings. The molecule has 0 radical (unpaired) electrons. The Kier molecular flexibility index (Phi) is 7.68. The summed E-state index contributed by atoms with van der Waals surface area (Å²) in [5.74, 6) is -0.582. The summed E-state index contributed by atoms with van der Waals surface area (Å²) in [4.78, 5) is 22.2. The van der Waals surface area contributed by atoms with E-state index in [0.717, 1.165) is 12.8 Å². The third-order valence-corrected chi connectivity index (χ3v) is 3.35. The van der Waals surface area contributed by atoms with Crippen molar-refractivity contribution in [2.45, 2.75) is 59.4 Å². The summed E-state index contributed by atoms with van der Waals surface area (Å²) in [6.45, 7) is 8.78. The molecule has 0 bridgehead atoms. The molecule has 1 amide bonds. The van der Waals surface area contributed by atoms with Gasteiger partial charge in [0.1, 0.15) is 0 Å². The lowest BCUT2D eigenvalue weighted by molar-refractivity contribution is -0.137. The fourth-order valence-electron chi connectivity index (χ4n) is 2.18. The van der Waals surface area contributed by atoms with Gasteiger partial charge >= 0.3 is 5.97 Å². The highest BCUT2D eigenvalue weighted by molar-refractivity contribution is 5.77. The minimum atomic E-state index is -0.900. The van der Waals surface area contributed by atoms with E-state index in [-0.39, 0.29) is 23.8 Å². The van der Waals surface area contributed by atoms with Gasteiger partial charge in [0.2, 0.25) is 5.91 Å². The number of carbonyl (C=O) groups excluding carboxylic acids is 1. The van der Waals surface area contributed by atoms with E-state index in [2.05, 4.69) is 26.1 Å². The summed E-state index contributed by atoms with van der Waals surface area (Å²) in [6.07, 6.45) is 2.07. The lowest BCUT2D eigenvalue weighted by Crippen LogP contribution is -2.35. The second-order valence-corrected chi connectivity index (χ2v) is 6.25. The maximum atomic E-state index is 11.7. The summed E-state index contributed by atoms with van der Waals surface area (Å²) >= 11 is 0. The Labute approximate surface area is 115 Å². The molecule has 5 heteroatoms. The summed E-state index contributed by atoms with van der Waals surface area (Å²) in [5, 5.41) is 11.3. The second-order valence-electron chi connectivity index (χ2n) is 6.25. The number of carboxylic acids is 1. The number of nitrogens with two attached hydrogens (primary N) is 1. The number of aliphatic carboxylic acids is 1. The topological polar surface area (TPSA) is 92.4 Å². The van der Waals surface area contributed by atoms with Crippen LogP contribution in [0.15, 0.2) is 0 Å². The number of hydrogen-bond acceptors (Lipinski definition) is 3. The first-order valence-electron chi connectivity index (χ1n) is 6.88.